The fraction of sp³-hybridized carbons (Fsp3) is 0.455. The van der Waals surface area contributed by atoms with Crippen molar-refractivity contribution in [2.75, 3.05) is 0 Å². The summed E-state index contributed by atoms with van der Waals surface area (Å²) in [5.41, 5.74) is 0. The SMILES string of the molecule is C[C@H](NS(=O)(=O)c1ccc(Br)cc1)C1CC1. The molecule has 0 radical (unpaired) electrons. The highest BCUT2D eigenvalue weighted by Gasteiger charge is 2.31. The van der Waals surface area contributed by atoms with Gasteiger partial charge in [-0.25, -0.2) is 13.1 Å². The van der Waals surface area contributed by atoms with Crippen molar-refractivity contribution < 1.29 is 8.42 Å². The topological polar surface area (TPSA) is 46.2 Å². The maximum Gasteiger partial charge on any atom is 0.240 e. The third kappa shape index (κ3) is 2.84. The van der Waals surface area contributed by atoms with Crippen LogP contribution in [0.5, 0.6) is 0 Å². The molecule has 0 aliphatic heterocycles. The molecule has 0 amide bonds. The van der Waals surface area contributed by atoms with E-state index >= 15 is 0 Å². The zero-order valence-electron chi connectivity index (χ0n) is 8.98. The normalized spacial score (nSPS) is 18.4. The monoisotopic (exact) mass is 303 g/mol. The predicted molar refractivity (Wildman–Crippen MR) is 66.6 cm³/mol. The summed E-state index contributed by atoms with van der Waals surface area (Å²) in [6, 6.07) is 6.71. The van der Waals surface area contributed by atoms with Crippen molar-refractivity contribution >= 4 is 26.0 Å². The number of hydrogen-bond acceptors (Lipinski definition) is 2. The van der Waals surface area contributed by atoms with E-state index in [1.165, 1.54) is 0 Å². The van der Waals surface area contributed by atoms with Crippen molar-refractivity contribution in [3.8, 4) is 0 Å². The quantitative estimate of drug-likeness (QED) is 0.929. The zero-order valence-corrected chi connectivity index (χ0v) is 11.4. The second kappa shape index (κ2) is 4.47. The Morgan fingerprint density at radius 1 is 1.31 bits per heavy atom. The summed E-state index contributed by atoms with van der Waals surface area (Å²) in [6.45, 7) is 1.92. The summed E-state index contributed by atoms with van der Waals surface area (Å²) in [5.74, 6) is 0.519. The highest BCUT2D eigenvalue weighted by atomic mass is 79.9. The molecule has 5 heteroatoms. The van der Waals surface area contributed by atoms with Crippen molar-refractivity contribution in [2.24, 2.45) is 5.92 Å². The first kappa shape index (κ1) is 12.1. The van der Waals surface area contributed by atoms with Crippen molar-refractivity contribution in [1.82, 2.24) is 4.72 Å². The summed E-state index contributed by atoms with van der Waals surface area (Å²) in [5, 5.41) is 0. The Kier molecular flexibility index (Phi) is 3.37. The molecule has 16 heavy (non-hydrogen) atoms. The van der Waals surface area contributed by atoms with Crippen LogP contribution in [0.15, 0.2) is 33.6 Å². The van der Waals surface area contributed by atoms with Crippen LogP contribution in [0.4, 0.5) is 0 Å². The molecular weight excluding hydrogens is 290 g/mol. The van der Waals surface area contributed by atoms with Crippen molar-refractivity contribution in [2.45, 2.75) is 30.7 Å². The number of sulfonamides is 1. The number of nitrogens with one attached hydrogen (secondary N) is 1. The van der Waals surface area contributed by atoms with Gasteiger partial charge in [0.2, 0.25) is 10.0 Å². The van der Waals surface area contributed by atoms with Gasteiger partial charge in [-0.3, -0.25) is 0 Å². The lowest BCUT2D eigenvalue weighted by atomic mass is 10.2. The van der Waals surface area contributed by atoms with Gasteiger partial charge < -0.3 is 0 Å². The Morgan fingerprint density at radius 2 is 1.88 bits per heavy atom. The minimum atomic E-state index is -3.35. The standard InChI is InChI=1S/C11H14BrNO2S/c1-8(9-2-3-9)13-16(14,15)11-6-4-10(12)5-7-11/h4-9,13H,2-3H2,1H3/t8-/m0/s1. The maximum atomic E-state index is 12.0. The molecule has 0 heterocycles. The third-order valence-corrected chi connectivity index (χ3v) is 4.90. The Hall–Kier alpha value is -0.390. The highest BCUT2D eigenvalue weighted by Crippen LogP contribution is 2.33. The van der Waals surface area contributed by atoms with Crippen LogP contribution >= 0.6 is 15.9 Å². The highest BCUT2D eigenvalue weighted by molar-refractivity contribution is 9.10. The molecule has 0 spiro atoms. The van der Waals surface area contributed by atoms with E-state index in [2.05, 4.69) is 20.7 Å². The third-order valence-electron chi connectivity index (χ3n) is 2.79. The van der Waals surface area contributed by atoms with Gasteiger partial charge in [-0.05, 0) is 49.9 Å². The van der Waals surface area contributed by atoms with Gasteiger partial charge in [-0.2, -0.15) is 0 Å². The first-order chi connectivity index (χ1) is 7.49. The Bertz CT molecular complexity index is 465. The van der Waals surface area contributed by atoms with E-state index in [4.69, 9.17) is 0 Å². The van der Waals surface area contributed by atoms with Crippen LogP contribution in [0, 0.1) is 5.92 Å². The van der Waals surface area contributed by atoms with Gasteiger partial charge >= 0.3 is 0 Å². The lowest BCUT2D eigenvalue weighted by molar-refractivity contribution is 0.538. The van der Waals surface area contributed by atoms with Crippen molar-refractivity contribution in [1.29, 1.82) is 0 Å². The molecule has 1 aromatic rings. The summed E-state index contributed by atoms with van der Waals surface area (Å²) >= 11 is 3.28. The van der Waals surface area contributed by atoms with Gasteiger partial charge in [0.1, 0.15) is 0 Å². The number of halogens is 1. The van der Waals surface area contributed by atoms with E-state index < -0.39 is 10.0 Å². The Balaban J connectivity index is 2.14. The predicted octanol–water partition coefficient (Wildman–Crippen LogP) is 2.53. The second-order valence-electron chi connectivity index (χ2n) is 4.20. The van der Waals surface area contributed by atoms with E-state index in [0.29, 0.717) is 10.8 Å². The average molecular weight is 304 g/mol. The number of benzene rings is 1. The van der Waals surface area contributed by atoms with E-state index in [1.807, 2.05) is 6.92 Å². The average Bonchev–Trinajstić information content (AvgIpc) is 3.00. The molecule has 1 fully saturated rings. The second-order valence-corrected chi connectivity index (χ2v) is 6.83. The van der Waals surface area contributed by atoms with Gasteiger partial charge in [0.25, 0.3) is 0 Å². The lowest BCUT2D eigenvalue weighted by Gasteiger charge is -2.13. The van der Waals surface area contributed by atoms with Gasteiger partial charge in [0, 0.05) is 10.5 Å². The van der Waals surface area contributed by atoms with Gasteiger partial charge in [0.05, 0.1) is 4.90 Å². The maximum absolute atomic E-state index is 12.0. The van der Waals surface area contributed by atoms with Crippen molar-refractivity contribution in [3.05, 3.63) is 28.7 Å². The lowest BCUT2D eigenvalue weighted by Crippen LogP contribution is -2.33. The van der Waals surface area contributed by atoms with Gasteiger partial charge in [0.15, 0.2) is 0 Å². The minimum absolute atomic E-state index is 0.0358. The van der Waals surface area contributed by atoms with Crippen molar-refractivity contribution in [3.63, 3.8) is 0 Å². The summed E-state index contributed by atoms with van der Waals surface area (Å²) < 4.78 is 27.5. The first-order valence-electron chi connectivity index (χ1n) is 5.27. The zero-order chi connectivity index (χ0) is 11.8. The van der Waals surface area contributed by atoms with Crippen LogP contribution in [0.3, 0.4) is 0 Å². The molecule has 1 N–H and O–H groups in total. The van der Waals surface area contributed by atoms with E-state index in [0.717, 1.165) is 17.3 Å². The van der Waals surface area contributed by atoms with Crippen LogP contribution in [0.25, 0.3) is 0 Å². The van der Waals surface area contributed by atoms with Crippen LogP contribution in [-0.2, 0) is 10.0 Å². The molecule has 1 aliphatic rings. The number of hydrogen-bond donors (Lipinski definition) is 1. The molecular formula is C11H14BrNO2S. The molecule has 1 aromatic carbocycles. The van der Waals surface area contributed by atoms with Crippen LogP contribution in [-0.4, -0.2) is 14.5 Å². The number of rotatable bonds is 4. The molecule has 2 rings (SSSR count). The van der Waals surface area contributed by atoms with Gasteiger partial charge in [-0.1, -0.05) is 15.9 Å². The largest absolute Gasteiger partial charge is 0.240 e. The smallest absolute Gasteiger partial charge is 0.208 e. The summed E-state index contributed by atoms with van der Waals surface area (Å²) in [4.78, 5) is 0.322. The first-order valence-corrected chi connectivity index (χ1v) is 7.54. The van der Waals surface area contributed by atoms with Gasteiger partial charge in [-0.15, -0.1) is 0 Å². The molecule has 0 unspecified atom stereocenters. The molecule has 0 bridgehead atoms. The minimum Gasteiger partial charge on any atom is -0.208 e. The van der Waals surface area contributed by atoms with Crippen LogP contribution in [0.1, 0.15) is 19.8 Å². The molecule has 88 valence electrons. The summed E-state index contributed by atoms with van der Waals surface area (Å²) in [6.07, 6.45) is 2.26. The van der Waals surface area contributed by atoms with E-state index in [9.17, 15) is 8.42 Å². The Morgan fingerprint density at radius 3 is 2.38 bits per heavy atom. The van der Waals surface area contributed by atoms with Crippen LogP contribution < -0.4 is 4.72 Å². The van der Waals surface area contributed by atoms with E-state index in [-0.39, 0.29) is 6.04 Å². The molecule has 0 aromatic heterocycles. The molecule has 0 saturated heterocycles. The van der Waals surface area contributed by atoms with Crippen LogP contribution in [0.2, 0.25) is 0 Å². The summed E-state index contributed by atoms with van der Waals surface area (Å²) in [7, 11) is -3.35. The Labute approximate surface area is 104 Å². The molecule has 1 aliphatic carbocycles. The fourth-order valence-electron chi connectivity index (χ4n) is 1.62. The molecule has 1 atom stereocenters. The molecule has 1 saturated carbocycles. The molecule has 3 nitrogen and oxygen atoms in total. The fourth-order valence-corrected chi connectivity index (χ4v) is 3.20. The van der Waals surface area contributed by atoms with E-state index in [1.54, 1.807) is 24.3 Å².